The fourth-order valence-electron chi connectivity index (χ4n) is 1.82. The second-order valence-corrected chi connectivity index (χ2v) is 4.44. The van der Waals surface area contributed by atoms with Gasteiger partial charge in [0.1, 0.15) is 0 Å². The third kappa shape index (κ3) is 8.29. The summed E-state index contributed by atoms with van der Waals surface area (Å²) in [5.41, 5.74) is 0. The van der Waals surface area contributed by atoms with Crippen LogP contribution in [0.4, 0.5) is 0 Å². The Morgan fingerprint density at radius 1 is 0.923 bits per heavy atom. The van der Waals surface area contributed by atoms with Crippen molar-refractivity contribution < 1.29 is 5.11 Å². The molecule has 1 heteroatoms. The summed E-state index contributed by atoms with van der Waals surface area (Å²) in [6.07, 6.45) is 7.64. The quantitative estimate of drug-likeness (QED) is 0.614. The van der Waals surface area contributed by atoms with Gasteiger partial charge in [-0.3, -0.25) is 0 Å². The van der Waals surface area contributed by atoms with Crippen molar-refractivity contribution in [2.75, 3.05) is 6.61 Å². The van der Waals surface area contributed by atoms with Crippen LogP contribution in [-0.2, 0) is 0 Å². The van der Waals surface area contributed by atoms with Crippen LogP contribution in [0.2, 0.25) is 0 Å². The molecule has 2 unspecified atom stereocenters. The first kappa shape index (κ1) is 13.0. The van der Waals surface area contributed by atoms with Crippen LogP contribution in [0.3, 0.4) is 0 Å². The molecule has 0 rings (SSSR count). The fraction of sp³-hybridized carbons (Fsp3) is 1.00. The Hall–Kier alpha value is -0.0400. The highest BCUT2D eigenvalue weighted by Crippen LogP contribution is 2.17. The van der Waals surface area contributed by atoms with E-state index in [1.807, 2.05) is 0 Å². The lowest BCUT2D eigenvalue weighted by Gasteiger charge is -2.12. The molecular weight excluding hydrogens is 160 g/mol. The van der Waals surface area contributed by atoms with E-state index in [-0.39, 0.29) is 0 Å². The molecule has 0 spiro atoms. The smallest absolute Gasteiger partial charge is 0.0433 e. The Labute approximate surface area is 83.5 Å². The summed E-state index contributed by atoms with van der Waals surface area (Å²) in [5, 5.41) is 8.73. The Balaban J connectivity index is 3.23. The maximum Gasteiger partial charge on any atom is 0.0433 e. The summed E-state index contributed by atoms with van der Waals surface area (Å²) in [7, 11) is 0. The molecule has 0 aliphatic rings. The number of hydrogen-bond donors (Lipinski definition) is 1. The van der Waals surface area contributed by atoms with Crippen LogP contribution in [0.15, 0.2) is 0 Å². The average molecular weight is 186 g/mol. The lowest BCUT2D eigenvalue weighted by molar-refractivity contribution is 0.255. The van der Waals surface area contributed by atoms with Crippen LogP contribution in [-0.4, -0.2) is 11.7 Å². The molecule has 0 amide bonds. The van der Waals surface area contributed by atoms with Crippen molar-refractivity contribution >= 4 is 0 Å². The standard InChI is InChI=1S/C12H26O/c1-4-6-11(2)7-5-8-12(3)9-10-13/h11-13H,4-10H2,1-3H3. The highest BCUT2D eigenvalue weighted by atomic mass is 16.3. The SMILES string of the molecule is CCCC(C)CCCC(C)CCO. The summed E-state index contributed by atoms with van der Waals surface area (Å²) >= 11 is 0. The maximum atomic E-state index is 8.73. The second kappa shape index (κ2) is 8.55. The summed E-state index contributed by atoms with van der Waals surface area (Å²) < 4.78 is 0. The van der Waals surface area contributed by atoms with Crippen LogP contribution in [0.1, 0.15) is 59.3 Å². The lowest BCUT2D eigenvalue weighted by Crippen LogP contribution is -2.00. The number of aliphatic hydroxyl groups excluding tert-OH is 1. The zero-order chi connectivity index (χ0) is 10.1. The minimum absolute atomic E-state index is 0.353. The van der Waals surface area contributed by atoms with E-state index in [1.165, 1.54) is 32.1 Å². The second-order valence-electron chi connectivity index (χ2n) is 4.44. The van der Waals surface area contributed by atoms with E-state index < -0.39 is 0 Å². The van der Waals surface area contributed by atoms with E-state index >= 15 is 0 Å². The molecule has 2 atom stereocenters. The minimum Gasteiger partial charge on any atom is -0.396 e. The summed E-state index contributed by atoms with van der Waals surface area (Å²) in [6, 6.07) is 0. The third-order valence-electron chi connectivity index (χ3n) is 2.80. The van der Waals surface area contributed by atoms with E-state index in [1.54, 1.807) is 0 Å². The zero-order valence-electron chi connectivity index (χ0n) is 9.55. The molecule has 0 aromatic rings. The summed E-state index contributed by atoms with van der Waals surface area (Å²) in [4.78, 5) is 0. The topological polar surface area (TPSA) is 20.2 Å². The van der Waals surface area contributed by atoms with Gasteiger partial charge in [-0.05, 0) is 18.3 Å². The fourth-order valence-corrected chi connectivity index (χ4v) is 1.82. The first-order chi connectivity index (χ1) is 6.20. The molecule has 0 radical (unpaired) electrons. The van der Waals surface area contributed by atoms with Gasteiger partial charge in [-0.2, -0.15) is 0 Å². The number of rotatable bonds is 8. The molecule has 0 aliphatic carbocycles. The predicted molar refractivity (Wildman–Crippen MR) is 58.8 cm³/mol. The summed E-state index contributed by atoms with van der Waals surface area (Å²) in [6.45, 7) is 7.19. The molecule has 0 saturated heterocycles. The van der Waals surface area contributed by atoms with Crippen LogP contribution in [0.5, 0.6) is 0 Å². The van der Waals surface area contributed by atoms with Gasteiger partial charge in [0.15, 0.2) is 0 Å². The highest BCUT2D eigenvalue weighted by molar-refractivity contribution is 4.56. The van der Waals surface area contributed by atoms with Gasteiger partial charge in [-0.25, -0.2) is 0 Å². The van der Waals surface area contributed by atoms with E-state index in [9.17, 15) is 0 Å². The molecule has 0 bridgehead atoms. The Morgan fingerprint density at radius 2 is 1.46 bits per heavy atom. The summed E-state index contributed by atoms with van der Waals surface area (Å²) in [5.74, 6) is 1.60. The first-order valence-corrected chi connectivity index (χ1v) is 5.81. The molecule has 0 heterocycles. The monoisotopic (exact) mass is 186 g/mol. The van der Waals surface area contributed by atoms with Gasteiger partial charge in [0.2, 0.25) is 0 Å². The van der Waals surface area contributed by atoms with Crippen molar-refractivity contribution in [2.45, 2.75) is 59.3 Å². The average Bonchev–Trinajstić information content (AvgIpc) is 2.05. The number of aliphatic hydroxyl groups is 1. The van der Waals surface area contributed by atoms with Crippen LogP contribution in [0.25, 0.3) is 0 Å². The molecule has 0 fully saturated rings. The molecular formula is C12H26O. The highest BCUT2D eigenvalue weighted by Gasteiger charge is 2.04. The molecule has 1 N–H and O–H groups in total. The molecule has 0 aromatic heterocycles. The Bertz CT molecular complexity index is 89.3. The van der Waals surface area contributed by atoms with Crippen molar-refractivity contribution in [1.82, 2.24) is 0 Å². The van der Waals surface area contributed by atoms with E-state index in [2.05, 4.69) is 20.8 Å². The maximum absolute atomic E-state index is 8.73. The van der Waals surface area contributed by atoms with Crippen molar-refractivity contribution in [3.05, 3.63) is 0 Å². The van der Waals surface area contributed by atoms with Crippen LogP contribution >= 0.6 is 0 Å². The molecule has 0 aliphatic heterocycles. The van der Waals surface area contributed by atoms with E-state index in [0.717, 1.165) is 12.3 Å². The van der Waals surface area contributed by atoms with Crippen molar-refractivity contribution in [2.24, 2.45) is 11.8 Å². The molecule has 0 aromatic carbocycles. The van der Waals surface area contributed by atoms with Gasteiger partial charge in [0.25, 0.3) is 0 Å². The van der Waals surface area contributed by atoms with Gasteiger partial charge in [0, 0.05) is 6.61 Å². The van der Waals surface area contributed by atoms with E-state index in [4.69, 9.17) is 5.11 Å². The van der Waals surface area contributed by atoms with Crippen molar-refractivity contribution in [3.63, 3.8) is 0 Å². The zero-order valence-corrected chi connectivity index (χ0v) is 9.55. The van der Waals surface area contributed by atoms with E-state index in [0.29, 0.717) is 12.5 Å². The molecule has 1 nitrogen and oxygen atoms in total. The predicted octanol–water partition coefficient (Wildman–Crippen LogP) is 3.61. The van der Waals surface area contributed by atoms with Gasteiger partial charge < -0.3 is 5.11 Å². The minimum atomic E-state index is 0.353. The third-order valence-corrected chi connectivity index (χ3v) is 2.80. The van der Waals surface area contributed by atoms with Gasteiger partial charge in [-0.15, -0.1) is 0 Å². The molecule has 13 heavy (non-hydrogen) atoms. The van der Waals surface area contributed by atoms with Gasteiger partial charge in [-0.1, -0.05) is 52.9 Å². The van der Waals surface area contributed by atoms with Crippen LogP contribution in [0, 0.1) is 11.8 Å². The number of hydrogen-bond acceptors (Lipinski definition) is 1. The molecule has 0 saturated carbocycles. The first-order valence-electron chi connectivity index (χ1n) is 5.81. The largest absolute Gasteiger partial charge is 0.396 e. The molecule has 80 valence electrons. The lowest BCUT2D eigenvalue weighted by atomic mass is 9.95. The Morgan fingerprint density at radius 3 is 1.92 bits per heavy atom. The van der Waals surface area contributed by atoms with Crippen molar-refractivity contribution in [3.8, 4) is 0 Å². The Kier molecular flexibility index (Phi) is 8.53. The van der Waals surface area contributed by atoms with Crippen LogP contribution < -0.4 is 0 Å². The van der Waals surface area contributed by atoms with Crippen molar-refractivity contribution in [1.29, 1.82) is 0 Å². The normalized spacial score (nSPS) is 15.7. The van der Waals surface area contributed by atoms with Gasteiger partial charge in [0.05, 0.1) is 0 Å². The van der Waals surface area contributed by atoms with Gasteiger partial charge >= 0.3 is 0 Å².